The Morgan fingerprint density at radius 1 is 0.941 bits per heavy atom. The van der Waals surface area contributed by atoms with Gasteiger partial charge in [-0.15, -0.1) is 0 Å². The van der Waals surface area contributed by atoms with Gasteiger partial charge in [0.05, 0.1) is 29.2 Å². The topological polar surface area (TPSA) is 90.5 Å². The van der Waals surface area contributed by atoms with Gasteiger partial charge in [0, 0.05) is 45.8 Å². The van der Waals surface area contributed by atoms with Crippen molar-refractivity contribution in [2.45, 2.75) is 0 Å². The fourth-order valence-electron chi connectivity index (χ4n) is 4.11. The number of hydrogen-bond donors (Lipinski definition) is 0. The highest BCUT2D eigenvalue weighted by atomic mass is 35.5. The second-order valence-electron chi connectivity index (χ2n) is 7.80. The Morgan fingerprint density at radius 3 is 2.29 bits per heavy atom. The van der Waals surface area contributed by atoms with Crippen molar-refractivity contribution in [2.75, 3.05) is 31.2 Å². The van der Waals surface area contributed by atoms with Gasteiger partial charge >= 0.3 is 0 Å². The minimum absolute atomic E-state index is 0.0825. The summed E-state index contributed by atoms with van der Waals surface area (Å²) in [4.78, 5) is 26.9. The van der Waals surface area contributed by atoms with Crippen LogP contribution in [0.15, 0.2) is 65.5 Å². The van der Waals surface area contributed by atoms with E-state index in [-0.39, 0.29) is 11.4 Å². The third-order valence-corrected chi connectivity index (χ3v) is 6.14. The zero-order chi connectivity index (χ0) is 23.8. The largest absolute Gasteiger partial charge is 0.378 e. The van der Waals surface area contributed by atoms with Crippen molar-refractivity contribution < 1.29 is 9.66 Å². The Kier molecular flexibility index (Phi) is 5.95. The second-order valence-corrected chi connectivity index (χ2v) is 8.67. The standard InChI is InChI=1S/C24H18Cl2N4O4/c25-16-11-15(12-17(26)13-16)23-19-3-1-2-4-20(19)24(31)29(27-23)22-14-18(5-6-21(22)30(32)33)28-7-9-34-10-8-28/h1-6,11-14H,7-10H2. The van der Waals surface area contributed by atoms with Crippen LogP contribution in [0.3, 0.4) is 0 Å². The smallest absolute Gasteiger partial charge is 0.295 e. The van der Waals surface area contributed by atoms with Gasteiger partial charge in [-0.3, -0.25) is 14.9 Å². The van der Waals surface area contributed by atoms with E-state index in [1.807, 2.05) is 0 Å². The number of fused-ring (bicyclic) bond motifs is 1. The second kappa shape index (κ2) is 9.06. The first-order chi connectivity index (χ1) is 16.4. The average Bonchev–Trinajstić information content (AvgIpc) is 2.84. The van der Waals surface area contributed by atoms with E-state index in [1.165, 1.54) is 6.07 Å². The molecule has 2 heterocycles. The van der Waals surface area contributed by atoms with Crippen LogP contribution < -0.4 is 10.5 Å². The first-order valence-electron chi connectivity index (χ1n) is 10.5. The van der Waals surface area contributed by atoms with E-state index in [4.69, 9.17) is 27.9 Å². The van der Waals surface area contributed by atoms with Gasteiger partial charge in [0.2, 0.25) is 0 Å². The predicted octanol–water partition coefficient (Wildman–Crippen LogP) is 5.10. The molecule has 172 valence electrons. The molecule has 0 aliphatic carbocycles. The number of nitrogens with zero attached hydrogens (tertiary/aromatic N) is 4. The molecule has 34 heavy (non-hydrogen) atoms. The zero-order valence-corrected chi connectivity index (χ0v) is 19.3. The quantitative estimate of drug-likeness (QED) is 0.288. The third kappa shape index (κ3) is 4.11. The van der Waals surface area contributed by atoms with Crippen LogP contribution in [0.2, 0.25) is 10.0 Å². The van der Waals surface area contributed by atoms with E-state index >= 15 is 0 Å². The Morgan fingerprint density at radius 2 is 1.62 bits per heavy atom. The maximum Gasteiger partial charge on any atom is 0.295 e. The van der Waals surface area contributed by atoms with Crippen molar-refractivity contribution in [3.05, 3.63) is 91.2 Å². The van der Waals surface area contributed by atoms with Crippen LogP contribution in [0.25, 0.3) is 27.7 Å². The third-order valence-electron chi connectivity index (χ3n) is 5.70. The minimum atomic E-state index is -0.516. The molecule has 1 aromatic heterocycles. The first kappa shape index (κ1) is 22.3. The molecule has 0 N–H and O–H groups in total. The Labute approximate surface area is 204 Å². The summed E-state index contributed by atoms with van der Waals surface area (Å²) in [5.41, 5.74) is 1.17. The van der Waals surface area contributed by atoms with Crippen LogP contribution in [0.5, 0.6) is 0 Å². The monoisotopic (exact) mass is 496 g/mol. The fraction of sp³-hybridized carbons (Fsp3) is 0.167. The van der Waals surface area contributed by atoms with Gasteiger partial charge in [-0.05, 0) is 36.4 Å². The molecule has 4 aromatic rings. The maximum absolute atomic E-state index is 13.5. The number of hydrogen-bond acceptors (Lipinski definition) is 6. The van der Waals surface area contributed by atoms with E-state index in [2.05, 4.69) is 10.00 Å². The number of morpholine rings is 1. The fourth-order valence-corrected chi connectivity index (χ4v) is 4.64. The lowest BCUT2D eigenvalue weighted by molar-refractivity contribution is -0.384. The molecule has 1 aliphatic rings. The van der Waals surface area contributed by atoms with Gasteiger partial charge in [0.15, 0.2) is 0 Å². The van der Waals surface area contributed by atoms with Crippen LogP contribution in [0, 0.1) is 10.1 Å². The molecule has 10 heteroatoms. The lowest BCUT2D eigenvalue weighted by Crippen LogP contribution is -2.36. The lowest BCUT2D eigenvalue weighted by Gasteiger charge is -2.29. The van der Waals surface area contributed by atoms with Crippen LogP contribution in [-0.4, -0.2) is 41.0 Å². The molecule has 0 bridgehead atoms. The Balaban J connectivity index is 1.80. The molecule has 5 rings (SSSR count). The summed E-state index contributed by atoms with van der Waals surface area (Å²) in [6.07, 6.45) is 0. The molecule has 0 radical (unpaired) electrons. The first-order valence-corrected chi connectivity index (χ1v) is 11.3. The van der Waals surface area contributed by atoms with Crippen LogP contribution >= 0.6 is 23.2 Å². The number of aromatic nitrogens is 2. The number of rotatable bonds is 4. The molecular weight excluding hydrogens is 479 g/mol. The minimum Gasteiger partial charge on any atom is -0.378 e. The van der Waals surface area contributed by atoms with E-state index < -0.39 is 10.5 Å². The number of nitro groups is 1. The molecule has 3 aromatic carbocycles. The lowest BCUT2D eigenvalue weighted by atomic mass is 10.0. The summed E-state index contributed by atoms with van der Waals surface area (Å²) in [5, 5.41) is 18.3. The van der Waals surface area contributed by atoms with Gasteiger partial charge in [0.1, 0.15) is 5.69 Å². The molecule has 0 amide bonds. The van der Waals surface area contributed by atoms with E-state index in [0.29, 0.717) is 58.4 Å². The van der Waals surface area contributed by atoms with Crippen LogP contribution in [0.1, 0.15) is 0 Å². The summed E-state index contributed by atoms with van der Waals surface area (Å²) >= 11 is 12.5. The highest BCUT2D eigenvalue weighted by Gasteiger charge is 2.23. The average molecular weight is 497 g/mol. The maximum atomic E-state index is 13.5. The number of ether oxygens (including phenoxy) is 1. The van der Waals surface area contributed by atoms with Crippen molar-refractivity contribution in [1.29, 1.82) is 0 Å². The number of benzene rings is 3. The molecule has 8 nitrogen and oxygen atoms in total. The summed E-state index contributed by atoms with van der Waals surface area (Å²) in [6.45, 7) is 2.40. The van der Waals surface area contributed by atoms with Crippen molar-refractivity contribution in [1.82, 2.24) is 9.78 Å². The van der Waals surface area contributed by atoms with E-state index in [0.717, 1.165) is 10.4 Å². The van der Waals surface area contributed by atoms with Gasteiger partial charge in [-0.1, -0.05) is 41.4 Å². The zero-order valence-electron chi connectivity index (χ0n) is 17.8. The van der Waals surface area contributed by atoms with Crippen molar-refractivity contribution >= 4 is 45.3 Å². The van der Waals surface area contributed by atoms with Gasteiger partial charge in [-0.25, -0.2) is 0 Å². The SMILES string of the molecule is O=c1c2ccccc2c(-c2cc(Cl)cc(Cl)c2)nn1-c1cc(N2CCOCC2)ccc1[N+](=O)[O-]. The van der Waals surface area contributed by atoms with Crippen LogP contribution in [-0.2, 0) is 4.74 Å². The predicted molar refractivity (Wildman–Crippen MR) is 132 cm³/mol. The van der Waals surface area contributed by atoms with Crippen molar-refractivity contribution in [3.8, 4) is 16.9 Å². The molecule has 1 fully saturated rings. The van der Waals surface area contributed by atoms with Gasteiger partial charge in [0.25, 0.3) is 11.2 Å². The molecule has 0 saturated carbocycles. The van der Waals surface area contributed by atoms with Crippen LogP contribution in [0.4, 0.5) is 11.4 Å². The van der Waals surface area contributed by atoms with Gasteiger partial charge < -0.3 is 9.64 Å². The normalized spacial score (nSPS) is 13.9. The number of nitro benzene ring substituents is 1. The molecule has 0 unspecified atom stereocenters. The molecule has 0 atom stereocenters. The molecule has 0 spiro atoms. The Bertz CT molecular complexity index is 1460. The van der Waals surface area contributed by atoms with Crippen molar-refractivity contribution in [2.24, 2.45) is 0 Å². The molecule has 1 aliphatic heterocycles. The number of anilines is 1. The number of halogens is 2. The van der Waals surface area contributed by atoms with Gasteiger partial charge in [-0.2, -0.15) is 9.78 Å². The van der Waals surface area contributed by atoms with E-state index in [9.17, 15) is 14.9 Å². The highest BCUT2D eigenvalue weighted by Crippen LogP contribution is 2.32. The highest BCUT2D eigenvalue weighted by molar-refractivity contribution is 6.35. The summed E-state index contributed by atoms with van der Waals surface area (Å²) in [7, 11) is 0. The summed E-state index contributed by atoms with van der Waals surface area (Å²) < 4.78 is 6.50. The summed E-state index contributed by atoms with van der Waals surface area (Å²) in [5.74, 6) is 0. The van der Waals surface area contributed by atoms with E-state index in [1.54, 1.807) is 54.6 Å². The Hall–Kier alpha value is -3.46. The molecular formula is C24H18Cl2N4O4. The van der Waals surface area contributed by atoms with Crippen molar-refractivity contribution in [3.63, 3.8) is 0 Å². The summed E-state index contributed by atoms with van der Waals surface area (Å²) in [6, 6.07) is 16.7. The molecule has 1 saturated heterocycles.